The van der Waals surface area contributed by atoms with Gasteiger partial charge in [0.2, 0.25) is 0 Å². The third-order valence-corrected chi connectivity index (χ3v) is 3.92. The number of piperidine rings is 1. The van der Waals surface area contributed by atoms with Gasteiger partial charge in [-0.3, -0.25) is 0 Å². The predicted octanol–water partition coefficient (Wildman–Crippen LogP) is 2.65. The van der Waals surface area contributed by atoms with Crippen LogP contribution in [0.15, 0.2) is 18.2 Å². The molecule has 1 fully saturated rings. The Balaban J connectivity index is 2.11. The lowest BCUT2D eigenvalue weighted by Crippen LogP contribution is -2.41. The van der Waals surface area contributed by atoms with E-state index in [0.717, 1.165) is 25.9 Å². The van der Waals surface area contributed by atoms with E-state index in [2.05, 4.69) is 18.7 Å². The summed E-state index contributed by atoms with van der Waals surface area (Å²) >= 11 is 0. The number of benzene rings is 1. The number of likely N-dealkylation sites (tertiary alicyclic amines) is 1. The second-order valence-corrected chi connectivity index (χ2v) is 5.59. The molecule has 0 aliphatic carbocycles. The van der Waals surface area contributed by atoms with Crippen LogP contribution in [0.1, 0.15) is 37.0 Å². The first-order chi connectivity index (χ1) is 10.0. The van der Waals surface area contributed by atoms with Gasteiger partial charge in [0.1, 0.15) is 11.7 Å². The number of methoxy groups -OCH3 is 1. The van der Waals surface area contributed by atoms with Gasteiger partial charge in [-0.2, -0.15) is 0 Å². The van der Waals surface area contributed by atoms with E-state index in [1.807, 2.05) is 0 Å². The highest BCUT2D eigenvalue weighted by atomic mass is 16.5. The zero-order chi connectivity index (χ0) is 15.4. The monoisotopic (exact) mass is 293 g/mol. The SMILES string of the molecule is COc1cccc(C(=O)O)c1OC1CCN(C(C)C)CC1. The number of aromatic carboxylic acids is 1. The molecule has 0 atom stereocenters. The van der Waals surface area contributed by atoms with Crippen molar-refractivity contribution in [3.63, 3.8) is 0 Å². The summed E-state index contributed by atoms with van der Waals surface area (Å²) in [6.45, 7) is 6.31. The molecule has 0 amide bonds. The van der Waals surface area contributed by atoms with E-state index < -0.39 is 5.97 Å². The fourth-order valence-corrected chi connectivity index (χ4v) is 2.64. The quantitative estimate of drug-likeness (QED) is 0.904. The lowest BCUT2D eigenvalue weighted by Gasteiger charge is -2.34. The molecule has 0 bridgehead atoms. The van der Waals surface area contributed by atoms with Gasteiger partial charge >= 0.3 is 5.97 Å². The Morgan fingerprint density at radius 3 is 2.52 bits per heavy atom. The summed E-state index contributed by atoms with van der Waals surface area (Å²) in [7, 11) is 1.52. The average molecular weight is 293 g/mol. The molecule has 0 aromatic heterocycles. The number of carbonyl (C=O) groups is 1. The van der Waals surface area contributed by atoms with Gasteiger partial charge in [0.15, 0.2) is 11.5 Å². The molecule has 1 heterocycles. The molecule has 0 spiro atoms. The molecular formula is C16H23NO4. The average Bonchev–Trinajstić information content (AvgIpc) is 2.47. The number of ether oxygens (including phenoxy) is 2. The minimum Gasteiger partial charge on any atom is -0.493 e. The summed E-state index contributed by atoms with van der Waals surface area (Å²) in [6.07, 6.45) is 1.83. The van der Waals surface area contributed by atoms with E-state index in [4.69, 9.17) is 9.47 Å². The van der Waals surface area contributed by atoms with Gasteiger partial charge in [-0.05, 0) is 38.8 Å². The molecule has 5 nitrogen and oxygen atoms in total. The van der Waals surface area contributed by atoms with E-state index >= 15 is 0 Å². The maximum Gasteiger partial charge on any atom is 0.339 e. The Bertz CT molecular complexity index is 493. The zero-order valence-electron chi connectivity index (χ0n) is 12.8. The van der Waals surface area contributed by atoms with Crippen molar-refractivity contribution < 1.29 is 19.4 Å². The summed E-state index contributed by atoms with van der Waals surface area (Å²) < 4.78 is 11.2. The number of rotatable bonds is 5. The molecular weight excluding hydrogens is 270 g/mol. The Hall–Kier alpha value is -1.75. The molecule has 1 saturated heterocycles. The van der Waals surface area contributed by atoms with Crippen molar-refractivity contribution in [3.8, 4) is 11.5 Å². The van der Waals surface area contributed by atoms with Crippen LogP contribution in [0.5, 0.6) is 11.5 Å². The molecule has 0 saturated carbocycles. The molecule has 0 unspecified atom stereocenters. The van der Waals surface area contributed by atoms with Crippen LogP contribution >= 0.6 is 0 Å². The minimum atomic E-state index is -0.997. The molecule has 0 radical (unpaired) electrons. The van der Waals surface area contributed by atoms with Gasteiger partial charge in [0, 0.05) is 19.1 Å². The van der Waals surface area contributed by atoms with Gasteiger partial charge in [-0.15, -0.1) is 0 Å². The van der Waals surface area contributed by atoms with Crippen molar-refractivity contribution in [1.29, 1.82) is 0 Å². The molecule has 21 heavy (non-hydrogen) atoms. The van der Waals surface area contributed by atoms with Crippen LogP contribution in [-0.2, 0) is 0 Å². The first kappa shape index (κ1) is 15.6. The highest BCUT2D eigenvalue weighted by Crippen LogP contribution is 2.33. The molecule has 2 rings (SSSR count). The van der Waals surface area contributed by atoms with E-state index in [9.17, 15) is 9.90 Å². The Morgan fingerprint density at radius 2 is 2.00 bits per heavy atom. The zero-order valence-corrected chi connectivity index (χ0v) is 12.8. The van der Waals surface area contributed by atoms with Gasteiger partial charge in [0.05, 0.1) is 7.11 Å². The molecule has 1 N–H and O–H groups in total. The molecule has 1 aromatic rings. The standard InChI is InChI=1S/C16H23NO4/c1-11(2)17-9-7-12(8-10-17)21-15-13(16(18)19)5-4-6-14(15)20-3/h4-6,11-12H,7-10H2,1-3H3,(H,18,19). The molecule has 1 aromatic carbocycles. The topological polar surface area (TPSA) is 59.0 Å². The van der Waals surface area contributed by atoms with Crippen LogP contribution in [-0.4, -0.2) is 48.3 Å². The lowest BCUT2D eigenvalue weighted by atomic mass is 10.1. The number of carboxylic acids is 1. The van der Waals surface area contributed by atoms with Gasteiger partial charge in [0.25, 0.3) is 0 Å². The third-order valence-electron chi connectivity index (χ3n) is 3.92. The highest BCUT2D eigenvalue weighted by molar-refractivity contribution is 5.92. The minimum absolute atomic E-state index is 0.0365. The predicted molar refractivity (Wildman–Crippen MR) is 80.3 cm³/mol. The Labute approximate surface area is 125 Å². The second-order valence-electron chi connectivity index (χ2n) is 5.59. The first-order valence-electron chi connectivity index (χ1n) is 7.34. The summed E-state index contributed by atoms with van der Waals surface area (Å²) in [5.74, 6) is -0.180. The lowest BCUT2D eigenvalue weighted by molar-refractivity contribution is 0.0661. The van der Waals surface area contributed by atoms with Crippen molar-refractivity contribution in [2.24, 2.45) is 0 Å². The van der Waals surface area contributed by atoms with Crippen LogP contribution in [0.25, 0.3) is 0 Å². The van der Waals surface area contributed by atoms with E-state index in [0.29, 0.717) is 17.5 Å². The van der Waals surface area contributed by atoms with Crippen molar-refractivity contribution in [2.75, 3.05) is 20.2 Å². The van der Waals surface area contributed by atoms with Crippen LogP contribution < -0.4 is 9.47 Å². The summed E-state index contributed by atoms with van der Waals surface area (Å²) in [5.41, 5.74) is 0.153. The number of hydrogen-bond donors (Lipinski definition) is 1. The maximum atomic E-state index is 11.3. The first-order valence-corrected chi connectivity index (χ1v) is 7.34. The molecule has 1 aliphatic rings. The molecule has 1 aliphatic heterocycles. The van der Waals surface area contributed by atoms with E-state index in [-0.39, 0.29) is 11.7 Å². The van der Waals surface area contributed by atoms with Gasteiger partial charge in [-0.25, -0.2) is 4.79 Å². The van der Waals surface area contributed by atoms with Crippen molar-refractivity contribution >= 4 is 5.97 Å². The van der Waals surface area contributed by atoms with Crippen LogP contribution in [0.4, 0.5) is 0 Å². The fraction of sp³-hybridized carbons (Fsp3) is 0.562. The largest absolute Gasteiger partial charge is 0.493 e. The Kier molecular flexibility index (Phi) is 5.07. The van der Waals surface area contributed by atoms with Crippen LogP contribution in [0, 0.1) is 0 Å². The van der Waals surface area contributed by atoms with Gasteiger partial charge in [-0.1, -0.05) is 6.07 Å². The third kappa shape index (κ3) is 3.67. The summed E-state index contributed by atoms with van der Waals surface area (Å²) in [5, 5.41) is 9.29. The van der Waals surface area contributed by atoms with Crippen LogP contribution in [0.2, 0.25) is 0 Å². The van der Waals surface area contributed by atoms with Gasteiger partial charge < -0.3 is 19.5 Å². The Morgan fingerprint density at radius 1 is 1.33 bits per heavy atom. The number of para-hydroxylation sites is 1. The number of hydrogen-bond acceptors (Lipinski definition) is 4. The fourth-order valence-electron chi connectivity index (χ4n) is 2.64. The van der Waals surface area contributed by atoms with Crippen molar-refractivity contribution in [2.45, 2.75) is 38.8 Å². The normalized spacial score (nSPS) is 17.0. The highest BCUT2D eigenvalue weighted by Gasteiger charge is 2.25. The maximum absolute atomic E-state index is 11.3. The summed E-state index contributed by atoms with van der Waals surface area (Å²) in [6, 6.07) is 5.47. The summed E-state index contributed by atoms with van der Waals surface area (Å²) in [4.78, 5) is 13.7. The van der Waals surface area contributed by atoms with Crippen LogP contribution in [0.3, 0.4) is 0 Å². The second kappa shape index (κ2) is 6.80. The van der Waals surface area contributed by atoms with Crippen molar-refractivity contribution in [1.82, 2.24) is 4.90 Å². The van der Waals surface area contributed by atoms with E-state index in [1.165, 1.54) is 7.11 Å². The van der Waals surface area contributed by atoms with Crippen molar-refractivity contribution in [3.05, 3.63) is 23.8 Å². The number of carboxylic acid groups (broad SMARTS) is 1. The smallest absolute Gasteiger partial charge is 0.339 e. The molecule has 5 heteroatoms. The molecule has 116 valence electrons. The number of nitrogens with zero attached hydrogens (tertiary/aromatic N) is 1. The van der Waals surface area contributed by atoms with E-state index in [1.54, 1.807) is 18.2 Å².